The third-order valence-corrected chi connectivity index (χ3v) is 4.77. The van der Waals surface area contributed by atoms with Crippen LogP contribution < -0.4 is 10.0 Å². The van der Waals surface area contributed by atoms with E-state index in [0.717, 1.165) is 11.1 Å². The number of methoxy groups -OCH3 is 1. The standard InChI is InChI=1S/C17H18N2O5S/c1-24-17(21)12-18-16(20)11-19-25(22,23)15-9-7-14(8-10-15)13-5-3-2-4-6-13/h2-10,19H,11-12H2,1H3,(H,18,20). The summed E-state index contributed by atoms with van der Waals surface area (Å²) in [5, 5.41) is 2.25. The Labute approximate surface area is 146 Å². The molecule has 0 heterocycles. The lowest BCUT2D eigenvalue weighted by molar-refractivity contribution is -0.141. The molecule has 0 atom stereocenters. The van der Waals surface area contributed by atoms with Crippen molar-refractivity contribution in [3.8, 4) is 11.1 Å². The second-order valence-electron chi connectivity index (χ2n) is 5.07. The minimum atomic E-state index is -3.83. The van der Waals surface area contributed by atoms with Gasteiger partial charge in [-0.1, -0.05) is 42.5 Å². The van der Waals surface area contributed by atoms with Crippen LogP contribution >= 0.6 is 0 Å². The Hall–Kier alpha value is -2.71. The van der Waals surface area contributed by atoms with Gasteiger partial charge in [0, 0.05) is 0 Å². The molecule has 0 radical (unpaired) electrons. The first-order chi connectivity index (χ1) is 11.9. The van der Waals surface area contributed by atoms with Crippen LogP contribution in [0, 0.1) is 0 Å². The zero-order valence-corrected chi connectivity index (χ0v) is 14.4. The summed E-state index contributed by atoms with van der Waals surface area (Å²) in [5.74, 6) is -1.25. The SMILES string of the molecule is COC(=O)CNC(=O)CNS(=O)(=O)c1ccc(-c2ccccc2)cc1. The molecule has 0 saturated carbocycles. The highest BCUT2D eigenvalue weighted by Gasteiger charge is 2.16. The van der Waals surface area contributed by atoms with Crippen molar-refractivity contribution in [1.29, 1.82) is 0 Å². The Morgan fingerprint density at radius 3 is 2.12 bits per heavy atom. The number of sulfonamides is 1. The van der Waals surface area contributed by atoms with Gasteiger partial charge in [-0.15, -0.1) is 0 Å². The van der Waals surface area contributed by atoms with Crippen molar-refractivity contribution in [2.24, 2.45) is 0 Å². The van der Waals surface area contributed by atoms with Gasteiger partial charge < -0.3 is 10.1 Å². The normalized spacial score (nSPS) is 10.9. The maximum absolute atomic E-state index is 12.2. The molecule has 2 rings (SSSR count). The van der Waals surface area contributed by atoms with E-state index in [1.54, 1.807) is 12.1 Å². The van der Waals surface area contributed by atoms with Gasteiger partial charge in [-0.25, -0.2) is 13.1 Å². The molecule has 2 aromatic rings. The molecule has 0 spiro atoms. The molecule has 7 nitrogen and oxygen atoms in total. The molecular formula is C17H18N2O5S. The highest BCUT2D eigenvalue weighted by Crippen LogP contribution is 2.20. The number of hydrogen-bond donors (Lipinski definition) is 2. The summed E-state index contributed by atoms with van der Waals surface area (Å²) < 4.78 is 30.9. The number of benzene rings is 2. The van der Waals surface area contributed by atoms with Crippen molar-refractivity contribution >= 4 is 21.9 Å². The molecule has 1 amide bonds. The van der Waals surface area contributed by atoms with Crippen molar-refractivity contribution in [3.05, 3.63) is 54.6 Å². The maximum Gasteiger partial charge on any atom is 0.325 e. The third kappa shape index (κ3) is 5.40. The molecule has 25 heavy (non-hydrogen) atoms. The summed E-state index contributed by atoms with van der Waals surface area (Å²) in [7, 11) is -2.63. The molecule has 2 aromatic carbocycles. The lowest BCUT2D eigenvalue weighted by atomic mass is 10.1. The van der Waals surface area contributed by atoms with Crippen LogP contribution in [0.2, 0.25) is 0 Å². The molecule has 0 saturated heterocycles. The summed E-state index contributed by atoms with van der Waals surface area (Å²) in [6.07, 6.45) is 0. The second-order valence-corrected chi connectivity index (χ2v) is 6.83. The number of esters is 1. The van der Waals surface area contributed by atoms with Gasteiger partial charge in [-0.2, -0.15) is 0 Å². The molecule has 132 valence electrons. The lowest BCUT2D eigenvalue weighted by Gasteiger charge is -2.08. The van der Waals surface area contributed by atoms with E-state index in [0.29, 0.717) is 0 Å². The van der Waals surface area contributed by atoms with Gasteiger partial charge in [0.1, 0.15) is 6.54 Å². The van der Waals surface area contributed by atoms with E-state index in [1.165, 1.54) is 19.2 Å². The summed E-state index contributed by atoms with van der Waals surface area (Å²) in [5.41, 5.74) is 1.86. The number of carbonyl (C=O) groups is 2. The van der Waals surface area contributed by atoms with E-state index in [-0.39, 0.29) is 11.4 Å². The van der Waals surface area contributed by atoms with Crippen LogP contribution in [-0.4, -0.2) is 40.5 Å². The lowest BCUT2D eigenvalue weighted by Crippen LogP contribution is -2.39. The van der Waals surface area contributed by atoms with Crippen LogP contribution in [0.1, 0.15) is 0 Å². The van der Waals surface area contributed by atoms with Crippen molar-refractivity contribution in [1.82, 2.24) is 10.0 Å². The van der Waals surface area contributed by atoms with Crippen LogP contribution in [0.5, 0.6) is 0 Å². The topological polar surface area (TPSA) is 102 Å². The van der Waals surface area contributed by atoms with E-state index < -0.39 is 28.4 Å². The second kappa shape index (κ2) is 8.41. The third-order valence-electron chi connectivity index (χ3n) is 3.35. The smallest absolute Gasteiger partial charge is 0.325 e. The van der Waals surface area contributed by atoms with Gasteiger partial charge in [-0.05, 0) is 23.3 Å². The Morgan fingerprint density at radius 1 is 0.920 bits per heavy atom. The zero-order valence-electron chi connectivity index (χ0n) is 13.6. The fraction of sp³-hybridized carbons (Fsp3) is 0.176. The first kappa shape index (κ1) is 18.6. The van der Waals surface area contributed by atoms with Gasteiger partial charge in [0.25, 0.3) is 0 Å². The Morgan fingerprint density at radius 2 is 1.52 bits per heavy atom. The van der Waals surface area contributed by atoms with Crippen molar-refractivity contribution < 1.29 is 22.7 Å². The molecule has 0 bridgehead atoms. The van der Waals surface area contributed by atoms with Crippen LogP contribution in [0.15, 0.2) is 59.5 Å². The van der Waals surface area contributed by atoms with E-state index in [9.17, 15) is 18.0 Å². The molecule has 0 fully saturated rings. The number of carbonyl (C=O) groups excluding carboxylic acids is 2. The average molecular weight is 362 g/mol. The predicted octanol–water partition coefficient (Wildman–Crippen LogP) is 0.921. The summed E-state index contributed by atoms with van der Waals surface area (Å²) in [4.78, 5) is 22.5. The van der Waals surface area contributed by atoms with E-state index >= 15 is 0 Å². The number of hydrogen-bond acceptors (Lipinski definition) is 5. The maximum atomic E-state index is 12.2. The Kier molecular flexibility index (Phi) is 6.26. The van der Waals surface area contributed by atoms with Crippen molar-refractivity contribution in [2.75, 3.05) is 20.2 Å². The van der Waals surface area contributed by atoms with Crippen LogP contribution in [0.4, 0.5) is 0 Å². The number of amides is 1. The number of ether oxygens (including phenoxy) is 1. The zero-order chi connectivity index (χ0) is 18.3. The van der Waals surface area contributed by atoms with Gasteiger partial charge in [0.2, 0.25) is 15.9 Å². The Bertz CT molecular complexity index is 833. The molecule has 2 N–H and O–H groups in total. The molecule has 0 unspecified atom stereocenters. The van der Waals surface area contributed by atoms with E-state index in [1.807, 2.05) is 30.3 Å². The highest BCUT2D eigenvalue weighted by atomic mass is 32.2. The molecule has 0 aliphatic carbocycles. The minimum absolute atomic E-state index is 0.0490. The number of nitrogens with one attached hydrogen (secondary N) is 2. The van der Waals surface area contributed by atoms with Crippen LogP contribution in [0.3, 0.4) is 0 Å². The molecule has 0 aliphatic rings. The minimum Gasteiger partial charge on any atom is -0.468 e. The largest absolute Gasteiger partial charge is 0.468 e. The Balaban J connectivity index is 1.97. The van der Waals surface area contributed by atoms with Crippen molar-refractivity contribution in [3.63, 3.8) is 0 Å². The van der Waals surface area contributed by atoms with E-state index in [4.69, 9.17) is 0 Å². The highest BCUT2D eigenvalue weighted by molar-refractivity contribution is 7.89. The van der Waals surface area contributed by atoms with Gasteiger partial charge in [0.05, 0.1) is 18.6 Å². The molecule has 8 heteroatoms. The van der Waals surface area contributed by atoms with Gasteiger partial charge in [-0.3, -0.25) is 9.59 Å². The number of rotatable bonds is 7. The monoisotopic (exact) mass is 362 g/mol. The van der Waals surface area contributed by atoms with Gasteiger partial charge >= 0.3 is 5.97 Å². The van der Waals surface area contributed by atoms with Gasteiger partial charge in [0.15, 0.2) is 0 Å². The fourth-order valence-corrected chi connectivity index (χ4v) is 2.99. The predicted molar refractivity (Wildman–Crippen MR) is 92.1 cm³/mol. The summed E-state index contributed by atoms with van der Waals surface area (Å²) in [6, 6.07) is 15.9. The summed E-state index contributed by atoms with van der Waals surface area (Å²) in [6.45, 7) is -0.789. The first-order valence-electron chi connectivity index (χ1n) is 7.41. The van der Waals surface area contributed by atoms with Crippen molar-refractivity contribution in [2.45, 2.75) is 4.90 Å². The van der Waals surface area contributed by atoms with Crippen LogP contribution in [0.25, 0.3) is 11.1 Å². The average Bonchev–Trinajstić information content (AvgIpc) is 2.65. The fourth-order valence-electron chi connectivity index (χ4n) is 2.01. The molecular weight excluding hydrogens is 344 g/mol. The molecule has 0 aromatic heterocycles. The summed E-state index contributed by atoms with van der Waals surface area (Å²) >= 11 is 0. The van der Waals surface area contributed by atoms with Crippen LogP contribution in [-0.2, 0) is 24.3 Å². The first-order valence-corrected chi connectivity index (χ1v) is 8.89. The van der Waals surface area contributed by atoms with E-state index in [2.05, 4.69) is 14.8 Å². The molecule has 0 aliphatic heterocycles. The quantitative estimate of drug-likeness (QED) is 0.713.